The van der Waals surface area contributed by atoms with Crippen molar-refractivity contribution in [3.63, 3.8) is 0 Å². The van der Waals surface area contributed by atoms with Gasteiger partial charge in [0.2, 0.25) is 5.91 Å². The van der Waals surface area contributed by atoms with Gasteiger partial charge < -0.3 is 19.9 Å². The summed E-state index contributed by atoms with van der Waals surface area (Å²) in [5, 5.41) is 0. The van der Waals surface area contributed by atoms with Crippen LogP contribution in [0.15, 0.2) is 12.4 Å². The molecule has 2 N–H and O–H groups in total. The molecule has 1 aromatic heterocycles. The molecule has 1 aromatic rings. The first kappa shape index (κ1) is 13.0. The Hall–Kier alpha value is -1.40. The molecule has 0 aromatic carbocycles. The second-order valence-corrected chi connectivity index (χ2v) is 4.54. The van der Waals surface area contributed by atoms with E-state index in [1.54, 1.807) is 18.2 Å². The molecule has 0 saturated carbocycles. The first-order valence-electron chi connectivity index (χ1n) is 6.25. The smallest absolute Gasteiger partial charge is 0.239 e. The Morgan fingerprint density at radius 1 is 1.61 bits per heavy atom. The zero-order valence-electron chi connectivity index (χ0n) is 10.7. The SMILES string of the molecule is COCCCC(N)C(=O)N1CCn2ccnc2C1. The van der Waals surface area contributed by atoms with Crippen molar-refractivity contribution >= 4 is 5.91 Å². The third-order valence-corrected chi connectivity index (χ3v) is 3.24. The number of amides is 1. The van der Waals surface area contributed by atoms with Crippen molar-refractivity contribution in [2.24, 2.45) is 5.73 Å². The molecule has 6 nitrogen and oxygen atoms in total. The Kier molecular flexibility index (Phi) is 4.33. The maximum Gasteiger partial charge on any atom is 0.239 e. The number of carbonyl (C=O) groups is 1. The molecule has 0 fully saturated rings. The molecule has 1 atom stereocenters. The molecule has 1 aliphatic rings. The summed E-state index contributed by atoms with van der Waals surface area (Å²) in [5.41, 5.74) is 5.91. The predicted molar refractivity (Wildman–Crippen MR) is 66.7 cm³/mol. The van der Waals surface area contributed by atoms with Crippen LogP contribution in [0.25, 0.3) is 0 Å². The lowest BCUT2D eigenvalue weighted by atomic mass is 10.1. The van der Waals surface area contributed by atoms with Crippen LogP contribution in [0.4, 0.5) is 0 Å². The van der Waals surface area contributed by atoms with Gasteiger partial charge >= 0.3 is 0 Å². The minimum atomic E-state index is -0.429. The number of nitrogens with zero attached hydrogens (tertiary/aromatic N) is 3. The number of imidazole rings is 1. The second-order valence-electron chi connectivity index (χ2n) is 4.54. The summed E-state index contributed by atoms with van der Waals surface area (Å²) in [6.45, 7) is 2.71. The molecule has 1 amide bonds. The summed E-state index contributed by atoms with van der Waals surface area (Å²) in [6, 6.07) is -0.429. The Morgan fingerprint density at radius 3 is 3.22 bits per heavy atom. The standard InChI is InChI=1S/C12H20N4O2/c1-18-8-2-3-10(13)12(17)16-7-6-15-5-4-14-11(15)9-16/h4-5,10H,2-3,6-9,13H2,1H3. The molecule has 1 unspecified atom stereocenters. The fourth-order valence-corrected chi connectivity index (χ4v) is 2.17. The van der Waals surface area contributed by atoms with Gasteiger partial charge in [-0.25, -0.2) is 4.98 Å². The van der Waals surface area contributed by atoms with Crippen molar-refractivity contribution in [2.45, 2.75) is 32.0 Å². The summed E-state index contributed by atoms with van der Waals surface area (Å²) in [5.74, 6) is 0.944. The summed E-state index contributed by atoms with van der Waals surface area (Å²) < 4.78 is 7.03. The second kappa shape index (κ2) is 5.97. The normalized spacial score (nSPS) is 16.4. The lowest BCUT2D eigenvalue weighted by Gasteiger charge is -2.29. The number of ether oxygens (including phenoxy) is 1. The summed E-state index contributed by atoms with van der Waals surface area (Å²) >= 11 is 0. The van der Waals surface area contributed by atoms with Crippen LogP contribution in [-0.2, 0) is 22.6 Å². The van der Waals surface area contributed by atoms with Gasteiger partial charge in [-0.3, -0.25) is 4.79 Å². The number of carbonyl (C=O) groups excluding carboxylic acids is 1. The molecule has 0 spiro atoms. The van der Waals surface area contributed by atoms with E-state index in [0.717, 1.165) is 18.8 Å². The number of hydrogen-bond acceptors (Lipinski definition) is 4. The Labute approximate surface area is 107 Å². The monoisotopic (exact) mass is 252 g/mol. The van der Waals surface area contributed by atoms with Gasteiger partial charge in [-0.1, -0.05) is 0 Å². The molecule has 100 valence electrons. The van der Waals surface area contributed by atoms with Gasteiger partial charge in [-0.15, -0.1) is 0 Å². The Morgan fingerprint density at radius 2 is 2.44 bits per heavy atom. The molecule has 6 heteroatoms. The van der Waals surface area contributed by atoms with E-state index in [4.69, 9.17) is 10.5 Å². The van der Waals surface area contributed by atoms with Crippen LogP contribution < -0.4 is 5.73 Å². The highest BCUT2D eigenvalue weighted by Gasteiger charge is 2.25. The number of aromatic nitrogens is 2. The fourth-order valence-electron chi connectivity index (χ4n) is 2.17. The zero-order chi connectivity index (χ0) is 13.0. The Bertz CT molecular complexity index is 405. The van der Waals surface area contributed by atoms with Crippen LogP contribution in [0.2, 0.25) is 0 Å². The number of methoxy groups -OCH3 is 1. The molecular weight excluding hydrogens is 232 g/mol. The molecule has 0 bridgehead atoms. The van der Waals surface area contributed by atoms with Crippen LogP contribution in [0.3, 0.4) is 0 Å². The van der Waals surface area contributed by atoms with Gasteiger partial charge in [0.15, 0.2) is 0 Å². The van der Waals surface area contributed by atoms with Crippen LogP contribution in [0.1, 0.15) is 18.7 Å². The molecule has 2 rings (SSSR count). The topological polar surface area (TPSA) is 73.4 Å². The number of nitrogens with two attached hydrogens (primary N) is 1. The van der Waals surface area contributed by atoms with E-state index in [2.05, 4.69) is 9.55 Å². The highest BCUT2D eigenvalue weighted by molar-refractivity contribution is 5.81. The predicted octanol–water partition coefficient (Wildman–Crippen LogP) is -0.0208. The van der Waals surface area contributed by atoms with Gasteiger partial charge in [0.25, 0.3) is 0 Å². The fraction of sp³-hybridized carbons (Fsp3) is 0.667. The molecule has 0 saturated heterocycles. The molecule has 2 heterocycles. The third-order valence-electron chi connectivity index (χ3n) is 3.24. The van der Waals surface area contributed by atoms with Crippen molar-refractivity contribution in [3.05, 3.63) is 18.2 Å². The van der Waals surface area contributed by atoms with Crippen molar-refractivity contribution in [2.75, 3.05) is 20.3 Å². The van der Waals surface area contributed by atoms with E-state index in [1.807, 2.05) is 6.20 Å². The first-order chi connectivity index (χ1) is 8.72. The maximum absolute atomic E-state index is 12.1. The lowest BCUT2D eigenvalue weighted by Crippen LogP contribution is -2.47. The van der Waals surface area contributed by atoms with Crippen LogP contribution >= 0.6 is 0 Å². The Balaban J connectivity index is 1.87. The molecule has 18 heavy (non-hydrogen) atoms. The summed E-state index contributed by atoms with van der Waals surface area (Å²) in [6.07, 6.45) is 5.18. The highest BCUT2D eigenvalue weighted by Crippen LogP contribution is 2.12. The average Bonchev–Trinajstić information content (AvgIpc) is 2.85. The van der Waals surface area contributed by atoms with Crippen LogP contribution in [-0.4, -0.2) is 46.7 Å². The number of rotatable bonds is 5. The highest BCUT2D eigenvalue weighted by atomic mass is 16.5. The van der Waals surface area contributed by atoms with Gasteiger partial charge in [-0.2, -0.15) is 0 Å². The quantitative estimate of drug-likeness (QED) is 0.747. The molecule has 0 radical (unpaired) electrons. The summed E-state index contributed by atoms with van der Waals surface area (Å²) in [4.78, 5) is 18.2. The summed E-state index contributed by atoms with van der Waals surface area (Å²) in [7, 11) is 1.65. The molecule has 0 aliphatic carbocycles. The van der Waals surface area contributed by atoms with Crippen molar-refractivity contribution in [1.29, 1.82) is 0 Å². The number of fused-ring (bicyclic) bond motifs is 1. The van der Waals surface area contributed by atoms with Gasteiger partial charge in [0.1, 0.15) is 5.82 Å². The van der Waals surface area contributed by atoms with Gasteiger partial charge in [-0.05, 0) is 12.8 Å². The third kappa shape index (κ3) is 2.88. The minimum absolute atomic E-state index is 0.0142. The van der Waals surface area contributed by atoms with Crippen molar-refractivity contribution in [3.8, 4) is 0 Å². The van der Waals surface area contributed by atoms with E-state index in [9.17, 15) is 4.79 Å². The van der Waals surface area contributed by atoms with E-state index >= 15 is 0 Å². The maximum atomic E-state index is 12.1. The first-order valence-corrected chi connectivity index (χ1v) is 6.25. The van der Waals surface area contributed by atoms with E-state index in [0.29, 0.717) is 26.1 Å². The molecular formula is C12H20N4O2. The lowest BCUT2D eigenvalue weighted by molar-refractivity contribution is -0.134. The van der Waals surface area contributed by atoms with Crippen molar-refractivity contribution in [1.82, 2.24) is 14.5 Å². The van der Waals surface area contributed by atoms with E-state index in [-0.39, 0.29) is 5.91 Å². The molecule has 1 aliphatic heterocycles. The van der Waals surface area contributed by atoms with E-state index < -0.39 is 6.04 Å². The average molecular weight is 252 g/mol. The van der Waals surface area contributed by atoms with Gasteiger partial charge in [0.05, 0.1) is 12.6 Å². The largest absolute Gasteiger partial charge is 0.385 e. The zero-order valence-corrected chi connectivity index (χ0v) is 10.7. The van der Waals surface area contributed by atoms with Crippen molar-refractivity contribution < 1.29 is 9.53 Å². The van der Waals surface area contributed by atoms with Crippen LogP contribution in [0, 0.1) is 0 Å². The van der Waals surface area contributed by atoms with Crippen LogP contribution in [0.5, 0.6) is 0 Å². The number of hydrogen-bond donors (Lipinski definition) is 1. The van der Waals surface area contributed by atoms with E-state index in [1.165, 1.54) is 0 Å². The minimum Gasteiger partial charge on any atom is -0.385 e. The van der Waals surface area contributed by atoms with Gasteiger partial charge in [0, 0.05) is 39.2 Å².